The molecule has 2 heterocycles. The van der Waals surface area contributed by atoms with E-state index in [0.717, 1.165) is 22.0 Å². The molecule has 1 aromatic heterocycles. The molecule has 0 radical (unpaired) electrons. The number of alkyl halides is 1. The Bertz CT molecular complexity index is 1880. The van der Waals surface area contributed by atoms with E-state index in [1.54, 1.807) is 47.4 Å². The average Bonchev–Trinajstić information content (AvgIpc) is 3.53. The summed E-state index contributed by atoms with van der Waals surface area (Å²) in [6.45, 7) is 0.289. The highest BCUT2D eigenvalue weighted by Gasteiger charge is 2.36. The second-order valence-corrected chi connectivity index (χ2v) is 11.5. The number of ketones is 1. The number of H-pyrrole nitrogens is 1. The zero-order valence-electron chi connectivity index (χ0n) is 21.6. The second kappa shape index (κ2) is 10.4. The van der Waals surface area contributed by atoms with E-state index in [9.17, 15) is 23.9 Å². The van der Waals surface area contributed by atoms with Gasteiger partial charge in [-0.25, -0.2) is 4.57 Å². The molecule has 41 heavy (non-hydrogen) atoms. The molecule has 5 N–H and O–H groups in total. The lowest BCUT2D eigenvalue weighted by atomic mass is 9.95. The van der Waals surface area contributed by atoms with Gasteiger partial charge in [-0.2, -0.15) is 0 Å². The van der Waals surface area contributed by atoms with Gasteiger partial charge in [-0.05, 0) is 59.0 Å². The Hall–Kier alpha value is -4.14. The number of phosphoric acid groups is 1. The van der Waals surface area contributed by atoms with Crippen molar-refractivity contribution in [3.63, 3.8) is 0 Å². The third-order valence-electron chi connectivity index (χ3n) is 7.29. The Balaban J connectivity index is 1.34. The Kier molecular flexibility index (Phi) is 6.83. The summed E-state index contributed by atoms with van der Waals surface area (Å²) in [6, 6.07) is 22.6. The molecule has 0 unspecified atom stereocenters. The monoisotopic (exact) mass is 589 g/mol. The van der Waals surface area contributed by atoms with Crippen LogP contribution in [0.2, 0.25) is 0 Å². The van der Waals surface area contributed by atoms with Crippen molar-refractivity contribution in [1.29, 1.82) is 0 Å². The molecule has 9 nitrogen and oxygen atoms in total. The van der Waals surface area contributed by atoms with Crippen molar-refractivity contribution in [3.05, 3.63) is 101 Å². The molecule has 0 bridgehead atoms. The maximum absolute atomic E-state index is 13.8. The smallest absolute Gasteiger partial charge is 0.404 e. The highest BCUT2D eigenvalue weighted by Crippen LogP contribution is 2.49. The van der Waals surface area contributed by atoms with E-state index < -0.39 is 7.82 Å². The third-order valence-corrected chi connectivity index (χ3v) is 8.10. The fraction of sp³-hybridized carbons (Fsp3) is 0.133. The van der Waals surface area contributed by atoms with Crippen LogP contribution >= 0.6 is 19.4 Å². The first-order chi connectivity index (χ1) is 19.6. The molecular weight excluding hydrogens is 565 g/mol. The number of fused-ring (bicyclic) bond motifs is 4. The number of amides is 1. The van der Waals surface area contributed by atoms with Crippen LogP contribution in [0.1, 0.15) is 37.9 Å². The minimum Gasteiger partial charge on any atom is -0.404 e. The van der Waals surface area contributed by atoms with E-state index >= 15 is 0 Å². The number of carbonyl (C=O) groups is 2. The van der Waals surface area contributed by atoms with Crippen LogP contribution in [0.5, 0.6) is 5.75 Å². The fourth-order valence-electron chi connectivity index (χ4n) is 5.44. The first-order valence-corrected chi connectivity index (χ1v) is 14.9. The summed E-state index contributed by atoms with van der Waals surface area (Å²) in [7, 11) is -4.86. The van der Waals surface area contributed by atoms with Crippen molar-refractivity contribution in [3.8, 4) is 5.75 Å². The van der Waals surface area contributed by atoms with Gasteiger partial charge in [-0.3, -0.25) is 19.4 Å². The number of hydrogen-bond acceptors (Lipinski definition) is 5. The van der Waals surface area contributed by atoms with Gasteiger partial charge in [0, 0.05) is 58.4 Å². The third kappa shape index (κ3) is 5.21. The molecule has 0 aliphatic carbocycles. The standard InChI is InChI=1S/C30H25ClN3O6P/c31-15-20-16-34(26-14-28(40-41(37,38)39)22-3-1-2-4-23(22)29(20)26)30(36)25-13-19-11-17(5-10-24(19)33-25)12-27(35)18-6-8-21(32)9-7-18/h1-11,13-14,20,33H,12,15-16,32H2,(H2,37,38,39)/t20-/m1/s1. The lowest BCUT2D eigenvalue weighted by Crippen LogP contribution is -2.30. The number of nitrogens with two attached hydrogens (primary N) is 1. The van der Waals surface area contributed by atoms with Gasteiger partial charge in [0.2, 0.25) is 0 Å². The number of Topliss-reactive ketones (excluding diaryl/α,β-unsaturated/α-hetero) is 1. The molecule has 0 fully saturated rings. The van der Waals surface area contributed by atoms with Gasteiger partial charge < -0.3 is 20.1 Å². The first-order valence-electron chi connectivity index (χ1n) is 12.8. The maximum Gasteiger partial charge on any atom is 0.524 e. The van der Waals surface area contributed by atoms with E-state index in [-0.39, 0.29) is 42.2 Å². The topological polar surface area (TPSA) is 146 Å². The van der Waals surface area contributed by atoms with Crippen LogP contribution < -0.4 is 15.2 Å². The van der Waals surface area contributed by atoms with Crippen LogP contribution in [0.4, 0.5) is 11.4 Å². The molecule has 0 saturated heterocycles. The number of aromatic nitrogens is 1. The van der Waals surface area contributed by atoms with E-state index in [1.807, 2.05) is 30.3 Å². The largest absolute Gasteiger partial charge is 0.524 e. The van der Waals surface area contributed by atoms with Gasteiger partial charge >= 0.3 is 7.82 Å². The van der Waals surface area contributed by atoms with Gasteiger partial charge in [0.25, 0.3) is 5.91 Å². The van der Waals surface area contributed by atoms with Gasteiger partial charge in [0.15, 0.2) is 5.78 Å². The van der Waals surface area contributed by atoms with Gasteiger partial charge in [-0.1, -0.05) is 30.3 Å². The van der Waals surface area contributed by atoms with E-state index in [0.29, 0.717) is 33.4 Å². The van der Waals surface area contributed by atoms with Crippen molar-refractivity contribution in [2.75, 3.05) is 23.1 Å². The van der Waals surface area contributed by atoms with Gasteiger partial charge in [0.05, 0.1) is 5.69 Å². The van der Waals surface area contributed by atoms with Crippen molar-refractivity contribution in [2.45, 2.75) is 12.3 Å². The number of hydrogen-bond donors (Lipinski definition) is 4. The number of nitrogen functional groups attached to an aromatic ring is 1. The molecule has 208 valence electrons. The molecule has 5 aromatic rings. The van der Waals surface area contributed by atoms with E-state index in [2.05, 4.69) is 4.98 Å². The number of halogens is 1. The molecule has 1 aliphatic heterocycles. The van der Waals surface area contributed by atoms with Crippen LogP contribution in [0.3, 0.4) is 0 Å². The van der Waals surface area contributed by atoms with Crippen LogP contribution in [0, 0.1) is 0 Å². The number of benzene rings is 4. The van der Waals surface area contributed by atoms with Gasteiger partial charge in [-0.15, -0.1) is 11.6 Å². The summed E-state index contributed by atoms with van der Waals surface area (Å²) in [6.07, 6.45) is 0.195. The Labute approximate surface area is 239 Å². The summed E-state index contributed by atoms with van der Waals surface area (Å²) in [5, 5.41) is 2.00. The van der Waals surface area contributed by atoms with Crippen LogP contribution in [-0.4, -0.2) is 38.9 Å². The van der Waals surface area contributed by atoms with E-state index in [4.69, 9.17) is 21.9 Å². The fourth-order valence-corrected chi connectivity index (χ4v) is 6.10. The first kappa shape index (κ1) is 27.1. The normalized spacial score (nSPS) is 14.9. The zero-order valence-corrected chi connectivity index (χ0v) is 23.2. The van der Waals surface area contributed by atoms with Crippen LogP contribution in [-0.2, 0) is 11.0 Å². The Morgan fingerprint density at radius 3 is 2.46 bits per heavy atom. The molecule has 6 rings (SSSR count). The Morgan fingerprint density at radius 1 is 1.02 bits per heavy atom. The SMILES string of the molecule is Nc1ccc(C(=O)Cc2ccc3[nH]c(C(=O)N4C[C@@H](CCl)c5c4cc(OP(=O)(O)O)c4ccccc54)cc3c2)cc1. The number of nitrogens with zero attached hydrogens (tertiary/aromatic N) is 1. The number of nitrogens with one attached hydrogen (secondary N) is 1. The number of aromatic amines is 1. The summed E-state index contributed by atoms with van der Waals surface area (Å²) < 4.78 is 16.8. The summed E-state index contributed by atoms with van der Waals surface area (Å²) in [5.41, 5.74) is 10.0. The zero-order chi connectivity index (χ0) is 28.9. The lowest BCUT2D eigenvalue weighted by molar-refractivity contribution is 0.0979. The quantitative estimate of drug-likeness (QED) is 0.0814. The summed E-state index contributed by atoms with van der Waals surface area (Å²) in [5.74, 6) is -0.338. The molecule has 11 heteroatoms. The molecule has 4 aromatic carbocycles. The predicted molar refractivity (Wildman–Crippen MR) is 159 cm³/mol. The summed E-state index contributed by atoms with van der Waals surface area (Å²) in [4.78, 5) is 50.4. The molecule has 0 spiro atoms. The van der Waals surface area contributed by atoms with Gasteiger partial charge in [0.1, 0.15) is 11.4 Å². The highest BCUT2D eigenvalue weighted by molar-refractivity contribution is 7.46. The second-order valence-electron chi connectivity index (χ2n) is 10.0. The summed E-state index contributed by atoms with van der Waals surface area (Å²) >= 11 is 6.34. The average molecular weight is 590 g/mol. The van der Waals surface area contributed by atoms with Crippen LogP contribution in [0.15, 0.2) is 78.9 Å². The number of anilines is 2. The molecule has 1 aliphatic rings. The molecule has 1 amide bonds. The van der Waals surface area contributed by atoms with Crippen molar-refractivity contribution in [1.82, 2.24) is 4.98 Å². The number of rotatable bonds is 7. The van der Waals surface area contributed by atoms with Crippen molar-refractivity contribution < 1.29 is 28.5 Å². The predicted octanol–water partition coefficient (Wildman–Crippen LogP) is 5.78. The van der Waals surface area contributed by atoms with E-state index in [1.165, 1.54) is 6.07 Å². The van der Waals surface area contributed by atoms with Crippen molar-refractivity contribution >= 4 is 64.2 Å². The maximum atomic E-state index is 13.8. The minimum atomic E-state index is -4.86. The van der Waals surface area contributed by atoms with Crippen LogP contribution in [0.25, 0.3) is 21.7 Å². The molecule has 0 saturated carbocycles. The Morgan fingerprint density at radius 2 is 1.76 bits per heavy atom. The van der Waals surface area contributed by atoms with Crippen molar-refractivity contribution in [2.24, 2.45) is 0 Å². The minimum absolute atomic E-state index is 0.0206. The number of carbonyl (C=O) groups excluding carboxylic acids is 2. The molecular formula is C30H25ClN3O6P. The lowest BCUT2D eigenvalue weighted by Gasteiger charge is -2.19. The highest BCUT2D eigenvalue weighted by atomic mass is 35.5. The molecule has 1 atom stereocenters. The number of phosphoric ester groups is 1.